The van der Waals surface area contributed by atoms with E-state index in [1.54, 1.807) is 41.5 Å². The van der Waals surface area contributed by atoms with E-state index in [1.165, 1.54) is 112 Å². The van der Waals surface area contributed by atoms with Crippen LogP contribution in [-0.2, 0) is 90.1 Å². The first kappa shape index (κ1) is 57.0. The normalized spacial score (nSPS) is 23.0. The van der Waals surface area contributed by atoms with Crippen molar-refractivity contribution in [2.24, 2.45) is 0 Å². The van der Waals surface area contributed by atoms with E-state index >= 15 is 4.79 Å². The number of ketones is 1. The third-order valence-electron chi connectivity index (χ3n) is 9.56. The number of rotatable bonds is 34. The van der Waals surface area contributed by atoms with Crippen molar-refractivity contribution < 1.29 is 90.1 Å². The van der Waals surface area contributed by atoms with Crippen LogP contribution in [0.25, 0.3) is 0 Å². The molecular formula is C39H78O19. The molecule has 0 aromatic rings. The Balaban J connectivity index is 9.22. The maximum atomic E-state index is 16.6. The Kier molecular flexibility index (Phi) is 22.5. The van der Waals surface area contributed by atoms with Gasteiger partial charge in [-0.2, -0.15) is 0 Å². The fourth-order valence-electron chi connectivity index (χ4n) is 6.09. The van der Waals surface area contributed by atoms with E-state index in [-0.39, 0.29) is 39.6 Å². The zero-order valence-electron chi connectivity index (χ0n) is 39.5. The second kappa shape index (κ2) is 22.9. The lowest BCUT2D eigenvalue weighted by Gasteiger charge is -2.56. The predicted molar refractivity (Wildman–Crippen MR) is 207 cm³/mol. The molecule has 0 radical (unpaired) electrons. The summed E-state index contributed by atoms with van der Waals surface area (Å²) in [5.41, 5.74) is -5.12. The highest BCUT2D eigenvalue weighted by atomic mass is 17.0. The summed E-state index contributed by atoms with van der Waals surface area (Å²) in [6.07, 6.45) is 0. The van der Waals surface area contributed by atoms with Gasteiger partial charge >= 0.3 is 0 Å². The van der Waals surface area contributed by atoms with Crippen LogP contribution in [0.1, 0.15) is 111 Å². The van der Waals surface area contributed by atoms with E-state index in [0.29, 0.717) is 0 Å². The van der Waals surface area contributed by atoms with Crippen LogP contribution in [0.2, 0.25) is 0 Å². The van der Waals surface area contributed by atoms with Crippen molar-refractivity contribution in [3.8, 4) is 0 Å². The molecule has 0 fully saturated rings. The maximum absolute atomic E-state index is 16.6. The summed E-state index contributed by atoms with van der Waals surface area (Å²) in [5, 5.41) is 0. The highest BCUT2D eigenvalue weighted by Crippen LogP contribution is 2.50. The summed E-state index contributed by atoms with van der Waals surface area (Å²) in [6, 6.07) is 0. The van der Waals surface area contributed by atoms with E-state index in [2.05, 4.69) is 0 Å². The predicted octanol–water partition coefficient (Wildman–Crippen LogP) is 5.74. The molecule has 19 heteroatoms. The lowest BCUT2D eigenvalue weighted by Crippen LogP contribution is -2.77. The SMILES string of the molecule is CCOC(C)(OC)OC(C)(OC(C)(OC)OCC)C(C)(OC(C)(OC)OCC)C(=O)C(C)(OC(C)(OC)OCC)C(C)(OC(C)(OC)OCC)OC(C)(OC)OCC. The molecule has 0 amide bonds. The Morgan fingerprint density at radius 2 is 0.466 bits per heavy atom. The average Bonchev–Trinajstić information content (AvgIpc) is 3.14. The van der Waals surface area contributed by atoms with Crippen molar-refractivity contribution >= 4 is 5.78 Å². The Bertz CT molecular complexity index is 1080. The Morgan fingerprint density at radius 1 is 0.310 bits per heavy atom. The van der Waals surface area contributed by atoms with Gasteiger partial charge in [0, 0.05) is 124 Å². The molecule has 0 saturated carbocycles. The molecule has 8 unspecified atom stereocenters. The zero-order valence-corrected chi connectivity index (χ0v) is 39.5. The molecule has 0 heterocycles. The molecule has 0 aromatic heterocycles. The summed E-state index contributed by atoms with van der Waals surface area (Å²) in [6.45, 7) is 25.0. The van der Waals surface area contributed by atoms with Gasteiger partial charge in [-0.25, -0.2) is 0 Å². The topological polar surface area (TPSA) is 183 Å². The molecule has 19 nitrogen and oxygen atoms in total. The number of hydrogen-bond acceptors (Lipinski definition) is 19. The molecule has 0 aliphatic heterocycles. The van der Waals surface area contributed by atoms with E-state index < -0.39 is 64.4 Å². The van der Waals surface area contributed by atoms with Gasteiger partial charge in [-0.15, -0.1) is 0 Å². The molecule has 58 heavy (non-hydrogen) atoms. The van der Waals surface area contributed by atoms with Gasteiger partial charge in [0.15, 0.2) is 11.2 Å². The van der Waals surface area contributed by atoms with Gasteiger partial charge in [0.1, 0.15) is 0 Å². The zero-order chi connectivity index (χ0) is 45.5. The van der Waals surface area contributed by atoms with Crippen molar-refractivity contribution in [1.82, 2.24) is 0 Å². The van der Waals surface area contributed by atoms with E-state index in [9.17, 15) is 0 Å². The van der Waals surface area contributed by atoms with Crippen LogP contribution in [0.5, 0.6) is 0 Å². The van der Waals surface area contributed by atoms with Gasteiger partial charge in [-0.05, 0) is 69.2 Å². The molecule has 8 atom stereocenters. The highest BCUT2D eigenvalue weighted by molar-refractivity contribution is 5.96. The fraction of sp³-hybridized carbons (Fsp3) is 0.974. The van der Waals surface area contributed by atoms with Crippen LogP contribution in [0.15, 0.2) is 0 Å². The van der Waals surface area contributed by atoms with Crippen molar-refractivity contribution in [2.75, 3.05) is 82.3 Å². The first-order chi connectivity index (χ1) is 26.6. The standard InChI is InChI=1S/C39H78O19/c1-23-47-34(11,41-17)53-30(7,32(9,55-36(13,43-19)49-25-3)56-37(14,44-20)50-26-4)29(40)31(8,54-35(12,42-18)48-24-2)33(10,57-38(15,45-21)51-27-5)58-39(16,46-22)52-28-6/h23-28H2,1-22H3. The van der Waals surface area contributed by atoms with Crippen molar-refractivity contribution in [1.29, 1.82) is 0 Å². The maximum Gasteiger partial charge on any atom is 0.282 e. The van der Waals surface area contributed by atoms with Gasteiger partial charge in [0.25, 0.3) is 35.8 Å². The lowest BCUT2D eigenvalue weighted by atomic mass is 9.77. The quantitative estimate of drug-likeness (QED) is 0.0713. The highest BCUT2D eigenvalue weighted by Gasteiger charge is 2.72. The molecule has 0 spiro atoms. The van der Waals surface area contributed by atoms with Gasteiger partial charge in [0.2, 0.25) is 17.4 Å². The van der Waals surface area contributed by atoms with Crippen molar-refractivity contribution in [2.45, 2.75) is 169 Å². The number of carbonyl (C=O) groups is 1. The van der Waals surface area contributed by atoms with Gasteiger partial charge in [0.05, 0.1) is 0 Å². The molecule has 0 N–H and O–H groups in total. The third-order valence-corrected chi connectivity index (χ3v) is 9.56. The van der Waals surface area contributed by atoms with Crippen LogP contribution in [0, 0.1) is 0 Å². The number of Topliss-reactive ketones (excluding diaryl/α,β-unsaturated/α-hetero) is 1. The van der Waals surface area contributed by atoms with Crippen LogP contribution < -0.4 is 0 Å². The summed E-state index contributed by atoms with van der Waals surface area (Å²) in [4.78, 5) is 16.6. The number of carbonyl (C=O) groups excluding carboxylic acids is 1. The second-order valence-electron chi connectivity index (χ2n) is 13.9. The largest absolute Gasteiger partial charge is 0.331 e. The molecular weight excluding hydrogens is 772 g/mol. The van der Waals surface area contributed by atoms with Crippen LogP contribution in [-0.4, -0.2) is 147 Å². The van der Waals surface area contributed by atoms with Gasteiger partial charge < -0.3 is 66.3 Å². The average molecular weight is 851 g/mol. The molecule has 0 rings (SSSR count). The number of hydrogen-bond donors (Lipinski definition) is 0. The molecule has 348 valence electrons. The van der Waals surface area contributed by atoms with Gasteiger partial charge in [-0.3, -0.25) is 23.7 Å². The van der Waals surface area contributed by atoms with Crippen LogP contribution >= 0.6 is 0 Å². The molecule has 0 bridgehead atoms. The lowest BCUT2D eigenvalue weighted by molar-refractivity contribution is -0.532. The minimum absolute atomic E-state index is 0.0569. The number of methoxy groups -OCH3 is 6. The van der Waals surface area contributed by atoms with Crippen molar-refractivity contribution in [3.63, 3.8) is 0 Å². The van der Waals surface area contributed by atoms with Crippen molar-refractivity contribution in [3.05, 3.63) is 0 Å². The smallest absolute Gasteiger partial charge is 0.282 e. The minimum atomic E-state index is -2.56. The molecule has 0 aliphatic carbocycles. The van der Waals surface area contributed by atoms with Crippen LogP contribution in [0.3, 0.4) is 0 Å². The van der Waals surface area contributed by atoms with E-state index in [4.69, 9.17) is 85.3 Å². The molecule has 0 saturated heterocycles. The first-order valence-electron chi connectivity index (χ1n) is 19.5. The minimum Gasteiger partial charge on any atom is -0.331 e. The summed E-state index contributed by atoms with van der Waals surface area (Å²) in [5.74, 6) is -17.7. The summed E-state index contributed by atoms with van der Waals surface area (Å²) < 4.78 is 110. The Hall–Kier alpha value is -1.05. The van der Waals surface area contributed by atoms with Crippen LogP contribution in [0.4, 0.5) is 0 Å². The monoisotopic (exact) mass is 851 g/mol. The molecule has 0 aromatic carbocycles. The third kappa shape index (κ3) is 14.0. The summed E-state index contributed by atoms with van der Waals surface area (Å²) >= 11 is 0. The first-order valence-corrected chi connectivity index (χ1v) is 19.5. The molecule has 0 aliphatic rings. The van der Waals surface area contributed by atoms with E-state index in [0.717, 1.165) is 0 Å². The van der Waals surface area contributed by atoms with Gasteiger partial charge in [-0.1, -0.05) is 0 Å². The Labute approximate surface area is 347 Å². The van der Waals surface area contributed by atoms with E-state index in [1.807, 2.05) is 0 Å². The fourth-order valence-corrected chi connectivity index (χ4v) is 6.09. The Morgan fingerprint density at radius 3 is 0.603 bits per heavy atom. The summed E-state index contributed by atoms with van der Waals surface area (Å²) in [7, 11) is 7.99. The second-order valence-corrected chi connectivity index (χ2v) is 13.9. The number of ether oxygens (including phenoxy) is 18.